The molecule has 2 nitrogen and oxygen atoms in total. The fraction of sp³-hybridized carbons (Fsp3) is 0.357. The molecule has 0 aliphatic heterocycles. The van der Waals surface area contributed by atoms with Gasteiger partial charge in [0.1, 0.15) is 4.60 Å². The Kier molecular flexibility index (Phi) is 2.58. The second-order valence-corrected chi connectivity index (χ2v) is 5.55. The quantitative estimate of drug-likeness (QED) is 0.819. The first-order valence-corrected chi connectivity index (χ1v) is 6.69. The fourth-order valence-electron chi connectivity index (χ4n) is 2.08. The predicted octanol–water partition coefficient (Wildman–Crippen LogP) is 3.93. The number of aromatic nitrogens is 2. The van der Waals surface area contributed by atoms with Crippen molar-refractivity contribution >= 4 is 15.9 Å². The zero-order chi connectivity index (χ0) is 12.0. The van der Waals surface area contributed by atoms with Gasteiger partial charge in [0.15, 0.2) is 0 Å². The molecule has 1 aromatic carbocycles. The van der Waals surface area contributed by atoms with E-state index in [-0.39, 0.29) is 0 Å². The number of halogens is 1. The molecule has 3 heteroatoms. The summed E-state index contributed by atoms with van der Waals surface area (Å²) in [7, 11) is 0. The van der Waals surface area contributed by atoms with Crippen molar-refractivity contribution in [1.29, 1.82) is 0 Å². The molecule has 1 radical (unpaired) electrons. The second kappa shape index (κ2) is 3.98. The Morgan fingerprint density at radius 3 is 2.71 bits per heavy atom. The second-order valence-electron chi connectivity index (χ2n) is 4.74. The molecular weight excluding hydrogens is 276 g/mol. The molecule has 1 fully saturated rings. The number of nitrogens with zero attached hydrogens (tertiary/aromatic N) is 2. The van der Waals surface area contributed by atoms with Crippen LogP contribution in [-0.2, 0) is 0 Å². The monoisotopic (exact) mass is 289 g/mol. The van der Waals surface area contributed by atoms with Crippen LogP contribution in [-0.4, -0.2) is 9.78 Å². The van der Waals surface area contributed by atoms with Gasteiger partial charge in [0, 0.05) is 0 Å². The van der Waals surface area contributed by atoms with Gasteiger partial charge in [-0.3, -0.25) is 0 Å². The molecule has 1 heterocycles. The lowest BCUT2D eigenvalue weighted by atomic mass is 10.1. The van der Waals surface area contributed by atoms with E-state index in [1.54, 1.807) is 0 Å². The molecule has 1 aromatic heterocycles. The molecule has 1 aliphatic carbocycles. The fourth-order valence-corrected chi connectivity index (χ4v) is 2.68. The summed E-state index contributed by atoms with van der Waals surface area (Å²) in [5, 5.41) is 4.51. The molecule has 0 unspecified atom stereocenters. The third-order valence-electron chi connectivity index (χ3n) is 3.21. The molecule has 3 rings (SSSR count). The molecule has 0 saturated heterocycles. The highest BCUT2D eigenvalue weighted by Crippen LogP contribution is 2.41. The normalized spacial score (nSPS) is 15.2. The maximum absolute atomic E-state index is 4.51. The van der Waals surface area contributed by atoms with E-state index in [1.807, 2.05) is 17.7 Å². The van der Waals surface area contributed by atoms with Crippen molar-refractivity contribution in [2.24, 2.45) is 0 Å². The number of hydrogen-bond acceptors (Lipinski definition) is 1. The van der Waals surface area contributed by atoms with Crippen LogP contribution in [0.4, 0.5) is 0 Å². The molecule has 17 heavy (non-hydrogen) atoms. The van der Waals surface area contributed by atoms with Crippen LogP contribution in [0.3, 0.4) is 0 Å². The van der Waals surface area contributed by atoms with Gasteiger partial charge in [0.25, 0.3) is 0 Å². The van der Waals surface area contributed by atoms with Crippen molar-refractivity contribution in [2.45, 2.75) is 32.6 Å². The highest BCUT2D eigenvalue weighted by atomic mass is 79.9. The van der Waals surface area contributed by atoms with Crippen LogP contribution in [0.25, 0.3) is 5.69 Å². The van der Waals surface area contributed by atoms with Crippen molar-refractivity contribution in [1.82, 2.24) is 9.78 Å². The average molecular weight is 290 g/mol. The third-order valence-corrected chi connectivity index (χ3v) is 3.77. The van der Waals surface area contributed by atoms with Crippen LogP contribution in [0.5, 0.6) is 0 Å². The molecule has 87 valence electrons. The summed E-state index contributed by atoms with van der Waals surface area (Å²) in [5.74, 6) is 0.751. The minimum Gasteiger partial charge on any atom is -0.226 e. The maximum atomic E-state index is 4.51. The minimum atomic E-state index is 0.751. The van der Waals surface area contributed by atoms with E-state index in [2.05, 4.69) is 46.2 Å². The topological polar surface area (TPSA) is 17.8 Å². The molecular formula is C14H14BrN2. The first kappa shape index (κ1) is 11.0. The predicted molar refractivity (Wildman–Crippen MR) is 71.5 cm³/mol. The molecule has 2 aromatic rings. The Morgan fingerprint density at radius 2 is 2.12 bits per heavy atom. The van der Waals surface area contributed by atoms with Gasteiger partial charge in [0.05, 0.1) is 11.4 Å². The van der Waals surface area contributed by atoms with Crippen LogP contribution in [0.1, 0.15) is 35.6 Å². The summed E-state index contributed by atoms with van der Waals surface area (Å²) < 4.78 is 2.95. The van der Waals surface area contributed by atoms with Crippen molar-refractivity contribution in [2.75, 3.05) is 0 Å². The summed E-state index contributed by atoms with van der Waals surface area (Å²) >= 11 is 3.55. The number of benzene rings is 1. The van der Waals surface area contributed by atoms with Gasteiger partial charge in [-0.2, -0.15) is 5.10 Å². The van der Waals surface area contributed by atoms with Crippen molar-refractivity contribution < 1.29 is 0 Å². The lowest BCUT2D eigenvalue weighted by Crippen LogP contribution is -2.01. The molecule has 1 aliphatic rings. The summed E-state index contributed by atoms with van der Waals surface area (Å²) in [6.45, 7) is 4.08. The van der Waals surface area contributed by atoms with Gasteiger partial charge in [0.2, 0.25) is 0 Å². The van der Waals surface area contributed by atoms with Gasteiger partial charge >= 0.3 is 0 Å². The lowest BCUT2D eigenvalue weighted by Gasteiger charge is -2.09. The van der Waals surface area contributed by atoms with E-state index < -0.39 is 0 Å². The van der Waals surface area contributed by atoms with Crippen LogP contribution >= 0.6 is 15.9 Å². The molecule has 0 amide bonds. The Bertz CT molecular complexity index is 568. The van der Waals surface area contributed by atoms with Crippen LogP contribution < -0.4 is 0 Å². The first-order valence-electron chi connectivity index (χ1n) is 5.90. The Morgan fingerprint density at radius 1 is 1.35 bits per heavy atom. The average Bonchev–Trinajstić information content (AvgIpc) is 3.06. The summed E-state index contributed by atoms with van der Waals surface area (Å²) in [6, 6.07) is 9.75. The van der Waals surface area contributed by atoms with Gasteiger partial charge in [-0.15, -0.1) is 0 Å². The SMILES string of the molecule is Cc1cc(Br)n(-c2cc(C3CC3)c[c]c2C)n1. The highest BCUT2D eigenvalue weighted by Gasteiger charge is 2.24. The first-order chi connectivity index (χ1) is 8.15. The van der Waals surface area contributed by atoms with Gasteiger partial charge in [-0.05, 0) is 77.9 Å². The number of aryl methyl sites for hydroxylation is 2. The zero-order valence-electron chi connectivity index (χ0n) is 10.00. The van der Waals surface area contributed by atoms with Crippen molar-refractivity contribution in [3.8, 4) is 5.69 Å². The van der Waals surface area contributed by atoms with E-state index in [1.165, 1.54) is 18.4 Å². The van der Waals surface area contributed by atoms with E-state index in [9.17, 15) is 0 Å². The molecule has 0 bridgehead atoms. The van der Waals surface area contributed by atoms with E-state index in [0.717, 1.165) is 27.5 Å². The maximum Gasteiger partial charge on any atom is 0.110 e. The Hall–Kier alpha value is -1.09. The van der Waals surface area contributed by atoms with Crippen molar-refractivity contribution in [3.63, 3.8) is 0 Å². The summed E-state index contributed by atoms with van der Waals surface area (Å²) in [5.41, 5.74) is 4.69. The smallest absolute Gasteiger partial charge is 0.110 e. The van der Waals surface area contributed by atoms with Gasteiger partial charge in [-0.25, -0.2) is 4.68 Å². The summed E-state index contributed by atoms with van der Waals surface area (Å²) in [4.78, 5) is 0. The van der Waals surface area contributed by atoms with Crippen LogP contribution in [0.2, 0.25) is 0 Å². The van der Waals surface area contributed by atoms with Gasteiger partial charge < -0.3 is 0 Å². The van der Waals surface area contributed by atoms with Crippen molar-refractivity contribution in [3.05, 3.63) is 45.7 Å². The molecule has 0 atom stereocenters. The third kappa shape index (κ3) is 2.04. The minimum absolute atomic E-state index is 0.751. The largest absolute Gasteiger partial charge is 0.226 e. The van der Waals surface area contributed by atoms with E-state index in [4.69, 9.17) is 0 Å². The zero-order valence-corrected chi connectivity index (χ0v) is 11.6. The molecule has 0 spiro atoms. The Balaban J connectivity index is 2.12. The van der Waals surface area contributed by atoms with Gasteiger partial charge in [-0.1, -0.05) is 6.07 Å². The van der Waals surface area contributed by atoms with Crippen LogP contribution in [0, 0.1) is 19.9 Å². The standard InChI is InChI=1S/C14H14BrN2/c1-9-3-4-12(11-5-6-11)8-13(9)17-14(15)7-10(2)16-17/h4,7-8,11H,5-6H2,1-2H3. The highest BCUT2D eigenvalue weighted by molar-refractivity contribution is 9.10. The lowest BCUT2D eigenvalue weighted by molar-refractivity contribution is 0.835. The molecule has 0 N–H and O–H groups in total. The Labute approximate surface area is 110 Å². The molecule has 1 saturated carbocycles. The summed E-state index contributed by atoms with van der Waals surface area (Å²) in [6.07, 6.45) is 2.63. The van der Waals surface area contributed by atoms with E-state index >= 15 is 0 Å². The van der Waals surface area contributed by atoms with Crippen LogP contribution in [0.15, 0.2) is 22.8 Å². The van der Waals surface area contributed by atoms with E-state index in [0.29, 0.717) is 0 Å². The number of rotatable bonds is 2. The number of hydrogen-bond donors (Lipinski definition) is 0.